The molecule has 2 N–H and O–H groups in total. The molecule has 2 aromatic rings. The van der Waals surface area contributed by atoms with Crippen molar-refractivity contribution in [1.29, 1.82) is 0 Å². The lowest BCUT2D eigenvalue weighted by Gasteiger charge is -2.06. The molecule has 0 bridgehead atoms. The zero-order chi connectivity index (χ0) is 15.1. The zero-order valence-electron chi connectivity index (χ0n) is 12.3. The minimum Gasteiger partial charge on any atom is -0.478 e. The van der Waals surface area contributed by atoms with Crippen molar-refractivity contribution in [3.05, 3.63) is 70.8 Å². The Morgan fingerprint density at radius 3 is 2.43 bits per heavy atom. The summed E-state index contributed by atoms with van der Waals surface area (Å²) in [4.78, 5) is 10.9. The number of hydrogen-bond donors (Lipinski definition) is 2. The van der Waals surface area contributed by atoms with E-state index in [-0.39, 0.29) is 0 Å². The summed E-state index contributed by atoms with van der Waals surface area (Å²) in [6, 6.07) is 15.7. The summed E-state index contributed by atoms with van der Waals surface area (Å²) in [6.07, 6.45) is 2.04. The largest absolute Gasteiger partial charge is 0.478 e. The maximum atomic E-state index is 10.9. The van der Waals surface area contributed by atoms with Gasteiger partial charge < -0.3 is 10.4 Å². The number of rotatable bonds is 7. The minimum absolute atomic E-state index is 0.337. The van der Waals surface area contributed by atoms with Gasteiger partial charge in [0.25, 0.3) is 0 Å². The maximum absolute atomic E-state index is 10.9. The molecule has 21 heavy (non-hydrogen) atoms. The van der Waals surface area contributed by atoms with Crippen molar-refractivity contribution in [2.45, 2.75) is 26.3 Å². The van der Waals surface area contributed by atoms with E-state index in [4.69, 9.17) is 5.11 Å². The van der Waals surface area contributed by atoms with Gasteiger partial charge in [0.15, 0.2) is 0 Å². The first-order chi connectivity index (χ1) is 10.2. The lowest BCUT2D eigenvalue weighted by molar-refractivity contribution is 0.0696. The molecule has 110 valence electrons. The standard InChI is InChI=1S/C18H21NO2/c1-2-14-6-8-15(9-7-14)10-11-19-13-16-4-3-5-17(12-16)18(20)21/h3-9,12,19H,2,10-11,13H2,1H3,(H,20,21). The molecule has 0 aliphatic rings. The number of aromatic carboxylic acids is 1. The van der Waals surface area contributed by atoms with Crippen LogP contribution >= 0.6 is 0 Å². The van der Waals surface area contributed by atoms with Crippen LogP contribution in [-0.2, 0) is 19.4 Å². The van der Waals surface area contributed by atoms with E-state index in [0.29, 0.717) is 12.1 Å². The highest BCUT2D eigenvalue weighted by Crippen LogP contribution is 2.07. The summed E-state index contributed by atoms with van der Waals surface area (Å²) >= 11 is 0. The molecule has 3 nitrogen and oxygen atoms in total. The molecule has 0 saturated carbocycles. The molecular weight excluding hydrogens is 262 g/mol. The van der Waals surface area contributed by atoms with Gasteiger partial charge in [-0.15, -0.1) is 0 Å². The van der Waals surface area contributed by atoms with Crippen molar-refractivity contribution in [2.24, 2.45) is 0 Å². The Balaban J connectivity index is 1.78. The van der Waals surface area contributed by atoms with Crippen LogP contribution in [0, 0.1) is 0 Å². The first kappa shape index (κ1) is 15.3. The smallest absolute Gasteiger partial charge is 0.335 e. The number of nitrogens with one attached hydrogen (secondary N) is 1. The number of hydrogen-bond acceptors (Lipinski definition) is 2. The predicted octanol–water partition coefficient (Wildman–Crippen LogP) is 3.28. The second-order valence-corrected chi connectivity index (χ2v) is 5.10. The van der Waals surface area contributed by atoms with Crippen LogP contribution in [0.15, 0.2) is 48.5 Å². The van der Waals surface area contributed by atoms with E-state index in [2.05, 4.69) is 36.5 Å². The monoisotopic (exact) mass is 283 g/mol. The summed E-state index contributed by atoms with van der Waals surface area (Å²) in [5.74, 6) is -0.882. The fraction of sp³-hybridized carbons (Fsp3) is 0.278. The number of benzene rings is 2. The van der Waals surface area contributed by atoms with E-state index in [1.807, 2.05) is 6.07 Å². The van der Waals surface area contributed by atoms with Crippen LogP contribution in [0.25, 0.3) is 0 Å². The Morgan fingerprint density at radius 2 is 1.76 bits per heavy atom. The molecule has 0 aliphatic carbocycles. The van der Waals surface area contributed by atoms with Gasteiger partial charge in [-0.25, -0.2) is 4.79 Å². The van der Waals surface area contributed by atoms with Gasteiger partial charge in [0, 0.05) is 6.54 Å². The van der Waals surface area contributed by atoms with Crippen molar-refractivity contribution in [3.63, 3.8) is 0 Å². The van der Waals surface area contributed by atoms with Gasteiger partial charge in [-0.2, -0.15) is 0 Å². The van der Waals surface area contributed by atoms with Crippen LogP contribution in [0.2, 0.25) is 0 Å². The SMILES string of the molecule is CCc1ccc(CCNCc2cccc(C(=O)O)c2)cc1. The van der Waals surface area contributed by atoms with E-state index in [9.17, 15) is 4.79 Å². The van der Waals surface area contributed by atoms with Crippen molar-refractivity contribution in [1.82, 2.24) is 5.32 Å². The van der Waals surface area contributed by atoms with Crippen molar-refractivity contribution in [2.75, 3.05) is 6.54 Å². The Labute approximate surface area is 125 Å². The predicted molar refractivity (Wildman–Crippen MR) is 84.6 cm³/mol. The van der Waals surface area contributed by atoms with Crippen LogP contribution in [-0.4, -0.2) is 17.6 Å². The summed E-state index contributed by atoms with van der Waals surface area (Å²) in [7, 11) is 0. The molecule has 0 unspecified atom stereocenters. The average Bonchev–Trinajstić information content (AvgIpc) is 2.52. The molecule has 0 spiro atoms. The first-order valence-electron chi connectivity index (χ1n) is 7.30. The fourth-order valence-corrected chi connectivity index (χ4v) is 2.22. The van der Waals surface area contributed by atoms with Gasteiger partial charge in [-0.3, -0.25) is 0 Å². The number of carboxylic acid groups (broad SMARTS) is 1. The van der Waals surface area contributed by atoms with Crippen LogP contribution in [0.4, 0.5) is 0 Å². The summed E-state index contributed by atoms with van der Waals surface area (Å²) in [5, 5.41) is 12.3. The zero-order valence-corrected chi connectivity index (χ0v) is 12.3. The third kappa shape index (κ3) is 4.72. The molecule has 0 heterocycles. The van der Waals surface area contributed by atoms with E-state index < -0.39 is 5.97 Å². The molecule has 3 heteroatoms. The van der Waals surface area contributed by atoms with E-state index in [1.54, 1.807) is 18.2 Å². The minimum atomic E-state index is -0.882. The first-order valence-corrected chi connectivity index (χ1v) is 7.30. The number of carboxylic acids is 1. The highest BCUT2D eigenvalue weighted by Gasteiger charge is 2.02. The second kappa shape index (κ2) is 7.60. The molecule has 0 aromatic heterocycles. The van der Waals surface area contributed by atoms with Gasteiger partial charge in [0.05, 0.1) is 5.56 Å². The molecule has 0 aliphatic heterocycles. The maximum Gasteiger partial charge on any atom is 0.335 e. The summed E-state index contributed by atoms with van der Waals surface area (Å²) in [5.41, 5.74) is 4.01. The molecule has 2 rings (SSSR count). The van der Waals surface area contributed by atoms with Crippen molar-refractivity contribution < 1.29 is 9.90 Å². The van der Waals surface area contributed by atoms with Crippen molar-refractivity contribution >= 4 is 5.97 Å². The normalized spacial score (nSPS) is 10.5. The lowest BCUT2D eigenvalue weighted by atomic mass is 10.1. The Hall–Kier alpha value is -2.13. The lowest BCUT2D eigenvalue weighted by Crippen LogP contribution is -2.17. The van der Waals surface area contributed by atoms with Crippen molar-refractivity contribution in [3.8, 4) is 0 Å². The summed E-state index contributed by atoms with van der Waals surface area (Å²) in [6.45, 7) is 3.72. The topological polar surface area (TPSA) is 49.3 Å². The summed E-state index contributed by atoms with van der Waals surface area (Å²) < 4.78 is 0. The molecule has 0 radical (unpaired) electrons. The number of carbonyl (C=O) groups is 1. The van der Waals surface area contributed by atoms with E-state index in [1.165, 1.54) is 11.1 Å². The molecule has 0 fully saturated rings. The van der Waals surface area contributed by atoms with Crippen LogP contribution in [0.1, 0.15) is 34.0 Å². The quantitative estimate of drug-likeness (QED) is 0.767. The van der Waals surface area contributed by atoms with Crippen LogP contribution < -0.4 is 5.32 Å². The van der Waals surface area contributed by atoms with Gasteiger partial charge in [-0.1, -0.05) is 43.3 Å². The van der Waals surface area contributed by atoms with Gasteiger partial charge in [0.2, 0.25) is 0 Å². The molecule has 0 atom stereocenters. The molecular formula is C18H21NO2. The molecule has 2 aromatic carbocycles. The Kier molecular flexibility index (Phi) is 5.52. The van der Waals surface area contributed by atoms with E-state index >= 15 is 0 Å². The third-order valence-electron chi connectivity index (χ3n) is 3.52. The Bertz CT molecular complexity index is 590. The van der Waals surface area contributed by atoms with Gasteiger partial charge >= 0.3 is 5.97 Å². The molecule has 0 saturated heterocycles. The Morgan fingerprint density at radius 1 is 1.05 bits per heavy atom. The highest BCUT2D eigenvalue weighted by atomic mass is 16.4. The highest BCUT2D eigenvalue weighted by molar-refractivity contribution is 5.87. The van der Waals surface area contributed by atoms with E-state index in [0.717, 1.165) is 24.9 Å². The third-order valence-corrected chi connectivity index (χ3v) is 3.52. The van der Waals surface area contributed by atoms with Gasteiger partial charge in [-0.05, 0) is 48.2 Å². The second-order valence-electron chi connectivity index (χ2n) is 5.10. The fourth-order valence-electron chi connectivity index (χ4n) is 2.22. The van der Waals surface area contributed by atoms with Crippen LogP contribution in [0.3, 0.4) is 0 Å². The van der Waals surface area contributed by atoms with Gasteiger partial charge in [0.1, 0.15) is 0 Å². The molecule has 0 amide bonds. The average molecular weight is 283 g/mol. The number of aryl methyl sites for hydroxylation is 1. The van der Waals surface area contributed by atoms with Crippen LogP contribution in [0.5, 0.6) is 0 Å².